The van der Waals surface area contributed by atoms with Crippen molar-refractivity contribution in [2.24, 2.45) is 28.8 Å². The van der Waals surface area contributed by atoms with Gasteiger partial charge in [0.25, 0.3) is 0 Å². The first-order valence-corrected chi connectivity index (χ1v) is 15.3. The van der Waals surface area contributed by atoms with Gasteiger partial charge in [0.1, 0.15) is 18.8 Å². The van der Waals surface area contributed by atoms with E-state index in [0.29, 0.717) is 13.0 Å². The molecule has 1 saturated carbocycles. The third-order valence-electron chi connectivity index (χ3n) is 9.26. The molecule has 2 heterocycles. The van der Waals surface area contributed by atoms with E-state index in [2.05, 4.69) is 31.3 Å². The summed E-state index contributed by atoms with van der Waals surface area (Å²) in [6.45, 7) is -1.28. The highest BCUT2D eigenvalue weighted by Gasteiger charge is 2.52. The van der Waals surface area contributed by atoms with Gasteiger partial charge in [-0.1, -0.05) is 5.11 Å². The van der Waals surface area contributed by atoms with Crippen molar-refractivity contribution in [1.82, 2.24) is 21.3 Å². The van der Waals surface area contributed by atoms with Crippen molar-refractivity contribution in [1.29, 1.82) is 0 Å². The van der Waals surface area contributed by atoms with E-state index in [1.165, 1.54) is 7.11 Å². The topological polar surface area (TPSA) is 261 Å². The Kier molecular flexibility index (Phi) is 15.6. The van der Waals surface area contributed by atoms with Crippen LogP contribution in [0.2, 0.25) is 0 Å². The molecule has 0 aromatic heterocycles. The maximum Gasteiger partial charge on any atom is 0.225 e. The van der Waals surface area contributed by atoms with Gasteiger partial charge < -0.3 is 70.5 Å². The zero-order valence-corrected chi connectivity index (χ0v) is 26.3. The first-order chi connectivity index (χ1) is 21.7. The van der Waals surface area contributed by atoms with Crippen LogP contribution < -0.4 is 21.3 Å². The van der Waals surface area contributed by atoms with Crippen LogP contribution in [0, 0.1) is 23.7 Å². The average Bonchev–Trinajstić information content (AvgIpc) is 3.05. The van der Waals surface area contributed by atoms with Crippen LogP contribution in [0.4, 0.5) is 0 Å². The van der Waals surface area contributed by atoms with E-state index < -0.39 is 85.3 Å². The number of aliphatic hydroxyl groups is 5. The Bertz CT molecular complexity index is 951. The number of nitrogens with zero attached hydrogens (tertiary/aromatic N) is 3. The Morgan fingerprint density at radius 1 is 0.911 bits per heavy atom. The third-order valence-corrected chi connectivity index (χ3v) is 9.26. The van der Waals surface area contributed by atoms with E-state index in [4.69, 9.17) is 29.2 Å². The van der Waals surface area contributed by atoms with Crippen LogP contribution in [0.1, 0.15) is 6.42 Å². The molecule has 3 fully saturated rings. The molecular formula is C27H51N7O11. The predicted molar refractivity (Wildman–Crippen MR) is 157 cm³/mol. The Hall–Kier alpha value is -1.74. The fourth-order valence-electron chi connectivity index (χ4n) is 6.78. The number of carbonyl (C=O) groups excluding carboxylic acids is 1. The second kappa shape index (κ2) is 18.6. The summed E-state index contributed by atoms with van der Waals surface area (Å²) in [4.78, 5) is 14.7. The first-order valence-electron chi connectivity index (χ1n) is 15.3. The number of rotatable bonds is 16. The van der Waals surface area contributed by atoms with E-state index in [0.717, 1.165) is 0 Å². The fourth-order valence-corrected chi connectivity index (χ4v) is 6.78. The van der Waals surface area contributed by atoms with Crippen molar-refractivity contribution in [2.45, 2.75) is 67.7 Å². The van der Waals surface area contributed by atoms with Gasteiger partial charge in [-0.05, 0) is 33.1 Å². The number of ether oxygens (including phenoxy) is 5. The van der Waals surface area contributed by atoms with E-state index in [1.54, 1.807) is 21.1 Å². The molecule has 3 aliphatic rings. The summed E-state index contributed by atoms with van der Waals surface area (Å²) < 4.78 is 30.7. The lowest BCUT2D eigenvalue weighted by Gasteiger charge is -2.51. The molecule has 3 rings (SSSR count). The maximum absolute atomic E-state index is 12.1. The minimum atomic E-state index is -1.14. The van der Waals surface area contributed by atoms with Crippen molar-refractivity contribution in [3.63, 3.8) is 0 Å². The van der Waals surface area contributed by atoms with E-state index >= 15 is 0 Å². The molecule has 260 valence electrons. The second-order valence-corrected chi connectivity index (χ2v) is 11.7. The monoisotopic (exact) mass is 649 g/mol. The number of hydrogen-bond acceptors (Lipinski definition) is 15. The maximum atomic E-state index is 12.1. The summed E-state index contributed by atoms with van der Waals surface area (Å²) in [5.41, 5.74) is 8.50. The Labute approximate surface area is 262 Å². The van der Waals surface area contributed by atoms with Gasteiger partial charge in [0, 0.05) is 74.1 Å². The lowest BCUT2D eigenvalue weighted by atomic mass is 9.77. The van der Waals surface area contributed by atoms with Crippen molar-refractivity contribution < 1.29 is 54.0 Å². The van der Waals surface area contributed by atoms with Gasteiger partial charge in [-0.25, -0.2) is 0 Å². The first kappa shape index (κ1) is 37.7. The largest absolute Gasteiger partial charge is 0.396 e. The smallest absolute Gasteiger partial charge is 0.225 e. The third kappa shape index (κ3) is 9.00. The van der Waals surface area contributed by atoms with Crippen molar-refractivity contribution >= 4 is 5.91 Å². The summed E-state index contributed by atoms with van der Waals surface area (Å²) in [7, 11) is 6.68. The number of amides is 1. The molecule has 1 aliphatic carbocycles. The second-order valence-electron chi connectivity index (χ2n) is 11.7. The Balaban J connectivity index is 1.87. The van der Waals surface area contributed by atoms with E-state index in [-0.39, 0.29) is 45.1 Å². The molecular weight excluding hydrogens is 598 g/mol. The van der Waals surface area contributed by atoms with Gasteiger partial charge in [0.2, 0.25) is 5.91 Å². The molecule has 18 nitrogen and oxygen atoms in total. The number of aliphatic hydroxyl groups excluding tert-OH is 5. The highest BCUT2D eigenvalue weighted by molar-refractivity contribution is 5.78. The number of methoxy groups -OCH3 is 1. The van der Waals surface area contributed by atoms with E-state index in [9.17, 15) is 30.3 Å². The van der Waals surface area contributed by atoms with Gasteiger partial charge in [-0.15, -0.1) is 0 Å². The van der Waals surface area contributed by atoms with Crippen LogP contribution in [0.25, 0.3) is 10.4 Å². The molecule has 1 amide bonds. The van der Waals surface area contributed by atoms with Crippen LogP contribution in [0.5, 0.6) is 0 Å². The van der Waals surface area contributed by atoms with Crippen molar-refractivity contribution in [3.8, 4) is 0 Å². The molecule has 45 heavy (non-hydrogen) atoms. The molecule has 0 aromatic carbocycles. The normalized spacial score (nSPS) is 40.5. The molecule has 14 atom stereocenters. The standard InChI is InChI=1S/C27H51N7O11/c1-29-6-13-19(38)12-42-26(22(13)40)44-23-16(11-37)24(18(31-3)5-17(23)30-2)45-27-25(41-4)15(10-36)14(9-35)20(43-27)7-32-21(39)8-33-34-28/h13-20,22-27,29-31,35-38,40H,5-12H2,1-4H3,(H,32,39)/t13?,14-,15-,16+,17+,18?,19-,20?,22+,23?,24-,25?,26+,27+/m0/s1. The van der Waals surface area contributed by atoms with Crippen molar-refractivity contribution in [3.05, 3.63) is 10.4 Å². The van der Waals surface area contributed by atoms with E-state index in [1.807, 2.05) is 0 Å². The molecule has 18 heteroatoms. The summed E-state index contributed by atoms with van der Waals surface area (Å²) >= 11 is 0. The quantitative estimate of drug-likeness (QED) is 0.0442. The van der Waals surface area contributed by atoms with Crippen LogP contribution in [-0.2, 0) is 28.5 Å². The lowest BCUT2D eigenvalue weighted by Crippen LogP contribution is -2.66. The summed E-state index contributed by atoms with van der Waals surface area (Å²) in [6, 6.07) is -0.611. The Morgan fingerprint density at radius 3 is 2.07 bits per heavy atom. The number of nitrogens with one attached hydrogen (secondary N) is 4. The molecule has 5 unspecified atom stereocenters. The van der Waals surface area contributed by atoms with Crippen LogP contribution in [0.15, 0.2) is 5.11 Å². The summed E-state index contributed by atoms with van der Waals surface area (Å²) in [5, 5.41) is 68.0. The minimum absolute atomic E-state index is 0.0331. The summed E-state index contributed by atoms with van der Waals surface area (Å²) in [6.07, 6.45) is -6.79. The number of likely N-dealkylation sites (N-methyl/N-ethyl adjacent to an activating group) is 2. The molecule has 9 N–H and O–H groups in total. The van der Waals surface area contributed by atoms with Gasteiger partial charge in [-0.2, -0.15) is 0 Å². The number of azide groups is 1. The molecule has 2 aliphatic heterocycles. The molecule has 2 saturated heterocycles. The highest BCUT2D eigenvalue weighted by Crippen LogP contribution is 2.38. The van der Waals surface area contributed by atoms with Crippen molar-refractivity contribution in [2.75, 3.05) is 74.3 Å². The highest BCUT2D eigenvalue weighted by atomic mass is 16.7. The van der Waals surface area contributed by atoms with Gasteiger partial charge in [0.05, 0.1) is 37.6 Å². The SMILES string of the molecule is CNCC1[C@@H](O)[C@@H](OC2[C@@H](CO)[C@H](O[C@H]3OC(CNC(=O)CN=[N+]=[N-])[C@@H](CO)[C@H](CO)C3OC)C(NC)C[C@H]2NC)OC[C@@H]1O. The van der Waals surface area contributed by atoms with Crippen LogP contribution >= 0.6 is 0 Å². The Morgan fingerprint density at radius 2 is 1.53 bits per heavy atom. The zero-order valence-electron chi connectivity index (χ0n) is 26.3. The zero-order chi connectivity index (χ0) is 33.1. The number of carbonyl (C=O) groups is 1. The van der Waals surface area contributed by atoms with Gasteiger partial charge >= 0.3 is 0 Å². The molecule has 0 aromatic rings. The number of hydrogen-bond donors (Lipinski definition) is 9. The van der Waals surface area contributed by atoms with Crippen LogP contribution in [0.3, 0.4) is 0 Å². The van der Waals surface area contributed by atoms with Crippen LogP contribution in [-0.4, -0.2) is 167 Å². The molecule has 0 radical (unpaired) electrons. The minimum Gasteiger partial charge on any atom is -0.396 e. The summed E-state index contributed by atoms with van der Waals surface area (Å²) in [5.74, 6) is -3.02. The predicted octanol–water partition coefficient (Wildman–Crippen LogP) is -3.76. The lowest BCUT2D eigenvalue weighted by molar-refractivity contribution is -0.322. The molecule has 0 bridgehead atoms. The van der Waals surface area contributed by atoms with Gasteiger partial charge in [-0.3, -0.25) is 4.79 Å². The molecule has 0 spiro atoms. The van der Waals surface area contributed by atoms with Gasteiger partial charge in [0.15, 0.2) is 12.6 Å². The fraction of sp³-hybridized carbons (Fsp3) is 0.963. The average molecular weight is 650 g/mol.